The lowest BCUT2D eigenvalue weighted by Crippen LogP contribution is -2.48. The molecule has 1 fully saturated rings. The summed E-state index contributed by atoms with van der Waals surface area (Å²) in [6.07, 6.45) is 3.57. The maximum absolute atomic E-state index is 5.71. The normalized spacial score (nSPS) is 27.0. The van der Waals surface area contributed by atoms with Crippen LogP contribution in [0.25, 0.3) is 0 Å². The number of nitrogens with zero attached hydrogens (tertiary/aromatic N) is 1. The summed E-state index contributed by atoms with van der Waals surface area (Å²) in [5.74, 6) is 0. The second kappa shape index (κ2) is 5.69. The average molecular weight is 199 g/mol. The highest BCUT2D eigenvalue weighted by Gasteiger charge is 2.24. The van der Waals surface area contributed by atoms with Gasteiger partial charge in [-0.25, -0.2) is 0 Å². The van der Waals surface area contributed by atoms with E-state index in [2.05, 4.69) is 31.1 Å². The van der Waals surface area contributed by atoms with E-state index in [4.69, 9.17) is 5.73 Å². The molecule has 1 saturated carbocycles. The molecule has 0 aliphatic heterocycles. The largest absolute Gasteiger partial charge is 0.328 e. The van der Waals surface area contributed by atoms with Crippen LogP contribution in [0, 0.1) is 0 Å². The summed E-state index contributed by atoms with van der Waals surface area (Å²) in [6.45, 7) is 6.79. The molecular weight excluding hydrogens is 174 g/mol. The van der Waals surface area contributed by atoms with E-state index in [-0.39, 0.29) is 0 Å². The van der Waals surface area contributed by atoms with Crippen molar-refractivity contribution in [3.8, 4) is 0 Å². The topological polar surface area (TPSA) is 41.3 Å². The highest BCUT2D eigenvalue weighted by atomic mass is 15.1. The molecule has 14 heavy (non-hydrogen) atoms. The lowest BCUT2D eigenvalue weighted by molar-refractivity contribution is 0.254. The molecule has 1 aliphatic rings. The Labute approximate surface area is 88.0 Å². The first-order valence-electron chi connectivity index (χ1n) is 5.78. The zero-order valence-electron chi connectivity index (χ0n) is 9.79. The van der Waals surface area contributed by atoms with Crippen LogP contribution in [0.1, 0.15) is 33.1 Å². The lowest BCUT2D eigenvalue weighted by atomic mass is 9.88. The minimum atomic E-state index is 0.464. The fourth-order valence-corrected chi connectivity index (χ4v) is 1.72. The molecule has 1 aliphatic carbocycles. The van der Waals surface area contributed by atoms with Crippen molar-refractivity contribution in [1.82, 2.24) is 10.2 Å². The maximum atomic E-state index is 5.71. The van der Waals surface area contributed by atoms with E-state index in [9.17, 15) is 0 Å². The van der Waals surface area contributed by atoms with Gasteiger partial charge < -0.3 is 16.0 Å². The van der Waals surface area contributed by atoms with Crippen molar-refractivity contribution in [3.05, 3.63) is 0 Å². The summed E-state index contributed by atoms with van der Waals surface area (Å²) in [7, 11) is 2.18. The van der Waals surface area contributed by atoms with E-state index in [0.717, 1.165) is 6.54 Å². The summed E-state index contributed by atoms with van der Waals surface area (Å²) < 4.78 is 0. The molecule has 84 valence electrons. The number of nitrogens with one attached hydrogen (secondary N) is 1. The van der Waals surface area contributed by atoms with Crippen LogP contribution in [0.4, 0.5) is 0 Å². The Kier molecular flexibility index (Phi) is 4.85. The fraction of sp³-hybridized carbons (Fsp3) is 1.00. The van der Waals surface area contributed by atoms with Gasteiger partial charge in [0.1, 0.15) is 0 Å². The summed E-state index contributed by atoms with van der Waals surface area (Å²) in [5, 5.41) is 3.54. The van der Waals surface area contributed by atoms with Crippen molar-refractivity contribution in [2.75, 3.05) is 20.1 Å². The highest BCUT2D eigenvalue weighted by Crippen LogP contribution is 2.16. The van der Waals surface area contributed by atoms with Gasteiger partial charge in [0.05, 0.1) is 0 Å². The van der Waals surface area contributed by atoms with Crippen LogP contribution < -0.4 is 11.1 Å². The first-order valence-corrected chi connectivity index (χ1v) is 5.78. The molecule has 0 spiro atoms. The van der Waals surface area contributed by atoms with Crippen LogP contribution in [0.5, 0.6) is 0 Å². The van der Waals surface area contributed by atoms with E-state index < -0.39 is 0 Å². The van der Waals surface area contributed by atoms with E-state index in [1.54, 1.807) is 0 Å². The van der Waals surface area contributed by atoms with Crippen LogP contribution in [0.2, 0.25) is 0 Å². The maximum Gasteiger partial charge on any atom is 0.00965 e. The molecule has 3 N–H and O–H groups in total. The Morgan fingerprint density at radius 2 is 2.07 bits per heavy atom. The van der Waals surface area contributed by atoms with Crippen molar-refractivity contribution in [2.45, 2.75) is 51.2 Å². The first-order chi connectivity index (χ1) is 6.59. The molecule has 3 heteroatoms. The third kappa shape index (κ3) is 3.95. The van der Waals surface area contributed by atoms with Crippen LogP contribution in [-0.4, -0.2) is 43.2 Å². The molecule has 0 atom stereocenters. The summed E-state index contributed by atoms with van der Waals surface area (Å²) in [4.78, 5) is 2.38. The summed E-state index contributed by atoms with van der Waals surface area (Å²) in [6, 6.07) is 1.83. The minimum absolute atomic E-state index is 0.464. The minimum Gasteiger partial charge on any atom is -0.328 e. The molecular formula is C11H25N3. The Bertz CT molecular complexity index is 153. The molecule has 0 aromatic rings. The summed E-state index contributed by atoms with van der Waals surface area (Å²) >= 11 is 0. The SMILES string of the molecule is CC(C)N(C)CCCNC1CC(N)C1. The van der Waals surface area contributed by atoms with E-state index in [0.29, 0.717) is 18.1 Å². The molecule has 0 saturated heterocycles. The first kappa shape index (κ1) is 12.0. The number of hydrogen-bond donors (Lipinski definition) is 2. The number of hydrogen-bond acceptors (Lipinski definition) is 3. The lowest BCUT2D eigenvalue weighted by Gasteiger charge is -2.33. The van der Waals surface area contributed by atoms with E-state index in [1.807, 2.05) is 0 Å². The highest BCUT2D eigenvalue weighted by molar-refractivity contribution is 4.87. The van der Waals surface area contributed by atoms with Crippen LogP contribution in [-0.2, 0) is 0 Å². The number of nitrogens with two attached hydrogens (primary N) is 1. The monoisotopic (exact) mass is 199 g/mol. The third-order valence-electron chi connectivity index (χ3n) is 3.18. The second-order valence-corrected chi connectivity index (χ2v) is 4.81. The zero-order chi connectivity index (χ0) is 10.6. The molecule has 0 heterocycles. The van der Waals surface area contributed by atoms with Gasteiger partial charge in [-0.3, -0.25) is 0 Å². The van der Waals surface area contributed by atoms with Crippen LogP contribution in [0.3, 0.4) is 0 Å². The average Bonchev–Trinajstić information content (AvgIpc) is 2.08. The molecule has 0 unspecified atom stereocenters. The Morgan fingerprint density at radius 1 is 1.43 bits per heavy atom. The van der Waals surface area contributed by atoms with Gasteiger partial charge in [-0.2, -0.15) is 0 Å². The van der Waals surface area contributed by atoms with Crippen molar-refractivity contribution < 1.29 is 0 Å². The molecule has 3 nitrogen and oxygen atoms in total. The quantitative estimate of drug-likeness (QED) is 0.622. The van der Waals surface area contributed by atoms with Crippen LogP contribution >= 0.6 is 0 Å². The predicted molar refractivity (Wildman–Crippen MR) is 61.4 cm³/mol. The smallest absolute Gasteiger partial charge is 0.00965 e. The van der Waals surface area contributed by atoms with E-state index in [1.165, 1.54) is 25.8 Å². The Balaban J connectivity index is 1.89. The van der Waals surface area contributed by atoms with Gasteiger partial charge in [0.15, 0.2) is 0 Å². The van der Waals surface area contributed by atoms with Crippen molar-refractivity contribution >= 4 is 0 Å². The van der Waals surface area contributed by atoms with Gasteiger partial charge >= 0.3 is 0 Å². The molecule has 0 aromatic carbocycles. The Hall–Kier alpha value is -0.120. The van der Waals surface area contributed by atoms with Crippen molar-refractivity contribution in [3.63, 3.8) is 0 Å². The molecule has 0 radical (unpaired) electrons. The standard InChI is InChI=1S/C11H25N3/c1-9(2)14(3)6-4-5-13-11-7-10(12)8-11/h9-11,13H,4-8,12H2,1-3H3. The zero-order valence-corrected chi connectivity index (χ0v) is 9.79. The van der Waals surface area contributed by atoms with Gasteiger partial charge in [-0.05, 0) is 53.2 Å². The molecule has 0 bridgehead atoms. The molecule has 0 amide bonds. The van der Waals surface area contributed by atoms with Crippen molar-refractivity contribution in [2.24, 2.45) is 5.73 Å². The molecule has 1 rings (SSSR count). The Morgan fingerprint density at radius 3 is 2.57 bits per heavy atom. The summed E-state index contributed by atoms with van der Waals surface area (Å²) in [5.41, 5.74) is 5.71. The van der Waals surface area contributed by atoms with Gasteiger partial charge in [0, 0.05) is 18.1 Å². The van der Waals surface area contributed by atoms with E-state index >= 15 is 0 Å². The fourth-order valence-electron chi connectivity index (χ4n) is 1.72. The third-order valence-corrected chi connectivity index (χ3v) is 3.18. The molecule has 0 aromatic heterocycles. The van der Waals surface area contributed by atoms with Gasteiger partial charge in [0.25, 0.3) is 0 Å². The van der Waals surface area contributed by atoms with Crippen LogP contribution in [0.15, 0.2) is 0 Å². The van der Waals surface area contributed by atoms with Gasteiger partial charge in [0.2, 0.25) is 0 Å². The van der Waals surface area contributed by atoms with Gasteiger partial charge in [-0.15, -0.1) is 0 Å². The predicted octanol–water partition coefficient (Wildman–Crippen LogP) is 0.796. The van der Waals surface area contributed by atoms with Crippen molar-refractivity contribution in [1.29, 1.82) is 0 Å². The van der Waals surface area contributed by atoms with Gasteiger partial charge in [-0.1, -0.05) is 0 Å². The second-order valence-electron chi connectivity index (χ2n) is 4.81. The number of rotatable bonds is 6.